The number of aliphatic hydroxyl groups is 6. The number of ether oxygens (including phenoxy) is 2. The first-order chi connectivity index (χ1) is 34.9. The first kappa shape index (κ1) is 67.3. The van der Waals surface area contributed by atoms with E-state index in [1.807, 2.05) is 37.3 Å². The molecule has 1 aliphatic rings. The number of hydrogen-bond donors (Lipinski definition) is 9. The number of phosphoric ester groups is 2. The summed E-state index contributed by atoms with van der Waals surface area (Å²) in [4.78, 5) is 54.4. The van der Waals surface area contributed by atoms with E-state index in [0.29, 0.717) is 25.7 Å². The third-order valence-corrected chi connectivity index (χ3v) is 12.2. The molecule has 0 aliphatic heterocycles. The summed E-state index contributed by atoms with van der Waals surface area (Å²) in [5.74, 6) is -1.40. The number of phosphoric acid groups is 2. The van der Waals surface area contributed by atoms with Crippen LogP contribution in [0.5, 0.6) is 0 Å². The summed E-state index contributed by atoms with van der Waals surface area (Å²) in [7, 11) is -10.8. The lowest BCUT2D eigenvalue weighted by atomic mass is 9.85. The number of aliphatic hydroxyl groups excluding tert-OH is 6. The van der Waals surface area contributed by atoms with Gasteiger partial charge in [-0.05, 0) is 77.0 Å². The zero-order valence-corrected chi connectivity index (χ0v) is 44.3. The van der Waals surface area contributed by atoms with Crippen molar-refractivity contribution < 1.29 is 87.1 Å². The Kier molecular flexibility index (Phi) is 38.3. The Morgan fingerprint density at radius 2 is 0.973 bits per heavy atom. The molecule has 0 saturated heterocycles. The molecular formula is C53H84O18P2. The molecule has 0 aromatic rings. The first-order valence-corrected chi connectivity index (χ1v) is 28.3. The van der Waals surface area contributed by atoms with Crippen LogP contribution in [0.3, 0.4) is 0 Å². The van der Waals surface area contributed by atoms with Gasteiger partial charge in [0.2, 0.25) is 0 Å². The Morgan fingerprint density at radius 3 is 1.53 bits per heavy atom. The minimum absolute atomic E-state index is 0.0182. The van der Waals surface area contributed by atoms with Gasteiger partial charge in [0, 0.05) is 12.8 Å². The number of carbonyl (C=O) groups is 2. The fourth-order valence-corrected chi connectivity index (χ4v) is 8.34. The molecule has 1 rings (SSSR count). The predicted molar refractivity (Wildman–Crippen MR) is 280 cm³/mol. The van der Waals surface area contributed by atoms with Crippen LogP contribution in [-0.2, 0) is 41.8 Å². The first-order valence-electron chi connectivity index (χ1n) is 25.3. The lowest BCUT2D eigenvalue weighted by Crippen LogP contribution is -2.64. The molecule has 0 amide bonds. The summed E-state index contributed by atoms with van der Waals surface area (Å²) in [5, 5.41) is 61.3. The molecule has 5 unspecified atom stereocenters. The van der Waals surface area contributed by atoms with Crippen LogP contribution in [0.25, 0.3) is 0 Å². The number of esters is 2. The quantitative estimate of drug-likeness (QED) is 0.00918. The Balaban J connectivity index is 2.67. The highest BCUT2D eigenvalue weighted by Crippen LogP contribution is 2.49. The summed E-state index contributed by atoms with van der Waals surface area (Å²) in [5.41, 5.74) is 0. The Hall–Kier alpha value is -3.68. The number of hydrogen-bond acceptors (Lipinski definition) is 15. The minimum atomic E-state index is -5.40. The lowest BCUT2D eigenvalue weighted by Gasteiger charge is -2.43. The maximum absolute atomic E-state index is 13.0. The SMILES string of the molecule is CC/C=C\C/C=C\C/C=C\C/C=C\CCCCCCCCC(=O)O[C@H](COC(=O)CC/C=C\C/C=C\C[C@H](O)/C=C/C=C\C=C\[C@H](O)C/C=C\CC)COP(=O)(O)O[C@H]1C(O)C(O)C(O)[C@@H](OP(=O)(O)O)C1O. The lowest BCUT2D eigenvalue weighted by molar-refractivity contribution is -0.216. The van der Waals surface area contributed by atoms with Crippen LogP contribution in [0.15, 0.2) is 122 Å². The monoisotopic (exact) mass is 1070 g/mol. The molecule has 1 fully saturated rings. The standard InChI is InChI=1S/C53H84O18P2/c1-3-5-7-8-9-10-11-12-13-14-15-16-17-18-19-20-21-26-34-40-47(57)69-45(42-68-73(65,66)71-53-50(60)48(58)49(59)52(51(53)61)70-72(62,63)64)41-67-46(56)39-33-25-23-22-24-30-36-44(55)38-32-28-27-31-37-43(54)35-29-6-4-2/h5-7,9-10,12-13,15-16,23-25,27-32,37-38,43-45,48-55,58-61H,3-4,8,11,14,17-22,26,33-36,39-42H2,1-2H3,(H,65,66)(H2,62,63,64)/b7-5-,10-9-,13-12-,16-15-,25-23-,28-27-,29-6-,30-24-,37-31+,38-32+/t43-,44+,45-,48?,49?,50?,51?,52-,53+/m1/s1. The van der Waals surface area contributed by atoms with Crippen LogP contribution in [0, 0.1) is 0 Å². The predicted octanol–water partition coefficient (Wildman–Crippen LogP) is 8.22. The van der Waals surface area contributed by atoms with Crippen molar-refractivity contribution in [1.29, 1.82) is 0 Å². The Morgan fingerprint density at radius 1 is 0.507 bits per heavy atom. The number of allylic oxidation sites excluding steroid dienone is 16. The molecule has 9 N–H and O–H groups in total. The molecule has 73 heavy (non-hydrogen) atoms. The highest BCUT2D eigenvalue weighted by Gasteiger charge is 2.54. The number of rotatable bonds is 40. The minimum Gasteiger partial charge on any atom is -0.462 e. The van der Waals surface area contributed by atoms with Gasteiger partial charge < -0.3 is 54.8 Å². The van der Waals surface area contributed by atoms with Crippen molar-refractivity contribution in [2.24, 2.45) is 0 Å². The van der Waals surface area contributed by atoms with E-state index >= 15 is 0 Å². The average molecular weight is 1070 g/mol. The molecule has 20 heteroatoms. The molecule has 0 aromatic heterocycles. The van der Waals surface area contributed by atoms with Gasteiger partial charge in [-0.3, -0.25) is 23.2 Å². The van der Waals surface area contributed by atoms with Crippen molar-refractivity contribution in [2.75, 3.05) is 13.2 Å². The van der Waals surface area contributed by atoms with E-state index in [1.54, 1.807) is 42.5 Å². The van der Waals surface area contributed by atoms with Crippen LogP contribution in [0.4, 0.5) is 0 Å². The molecule has 0 heterocycles. The second-order valence-electron chi connectivity index (χ2n) is 17.2. The molecule has 414 valence electrons. The molecular weight excluding hydrogens is 987 g/mol. The van der Waals surface area contributed by atoms with Crippen LogP contribution in [-0.4, -0.2) is 125 Å². The van der Waals surface area contributed by atoms with Gasteiger partial charge in [0.1, 0.15) is 43.2 Å². The molecule has 0 radical (unpaired) electrons. The van der Waals surface area contributed by atoms with Crippen LogP contribution in [0.1, 0.15) is 129 Å². The molecule has 0 aromatic carbocycles. The smallest absolute Gasteiger partial charge is 0.462 e. The summed E-state index contributed by atoms with van der Waals surface area (Å²) in [6.45, 7) is 2.64. The van der Waals surface area contributed by atoms with Gasteiger partial charge in [0.25, 0.3) is 0 Å². The van der Waals surface area contributed by atoms with Crippen molar-refractivity contribution in [2.45, 2.75) is 184 Å². The zero-order valence-electron chi connectivity index (χ0n) is 42.5. The fraction of sp³-hybridized carbons (Fsp3) is 0.585. The number of unbranched alkanes of at least 4 members (excludes halogenated alkanes) is 6. The second kappa shape index (κ2) is 41.6. The van der Waals surface area contributed by atoms with E-state index in [2.05, 4.69) is 60.1 Å². The van der Waals surface area contributed by atoms with Crippen LogP contribution >= 0.6 is 15.6 Å². The fourth-order valence-electron chi connectivity index (χ4n) is 6.80. The van der Waals surface area contributed by atoms with E-state index in [4.69, 9.17) is 18.5 Å². The molecule has 1 aliphatic carbocycles. The molecule has 18 nitrogen and oxygen atoms in total. The summed E-state index contributed by atoms with van der Waals surface area (Å²) >= 11 is 0. The molecule has 0 bridgehead atoms. The highest BCUT2D eigenvalue weighted by molar-refractivity contribution is 7.47. The average Bonchev–Trinajstić information content (AvgIpc) is 3.34. The summed E-state index contributed by atoms with van der Waals surface area (Å²) < 4.78 is 49.3. The van der Waals surface area contributed by atoms with Gasteiger partial charge in [-0.2, -0.15) is 0 Å². The largest absolute Gasteiger partial charge is 0.472 e. The molecule has 10 atom stereocenters. The van der Waals surface area contributed by atoms with Gasteiger partial charge in [0.15, 0.2) is 6.10 Å². The van der Waals surface area contributed by atoms with Gasteiger partial charge >= 0.3 is 27.6 Å². The maximum Gasteiger partial charge on any atom is 0.472 e. The van der Waals surface area contributed by atoms with E-state index in [-0.39, 0.29) is 19.3 Å². The number of carbonyl (C=O) groups excluding carboxylic acids is 2. The summed E-state index contributed by atoms with van der Waals surface area (Å²) in [6, 6.07) is 0. The van der Waals surface area contributed by atoms with Crippen LogP contribution < -0.4 is 0 Å². The van der Waals surface area contributed by atoms with Gasteiger partial charge in [0.05, 0.1) is 18.8 Å². The molecule has 0 spiro atoms. The van der Waals surface area contributed by atoms with Gasteiger partial charge in [-0.1, -0.05) is 161 Å². The van der Waals surface area contributed by atoms with Gasteiger partial charge in [-0.15, -0.1) is 0 Å². The van der Waals surface area contributed by atoms with Crippen molar-refractivity contribution in [3.8, 4) is 0 Å². The normalized spacial score (nSPS) is 22.5. The summed E-state index contributed by atoms with van der Waals surface area (Å²) in [6.07, 6.45) is 34.9. The van der Waals surface area contributed by atoms with Crippen molar-refractivity contribution in [3.63, 3.8) is 0 Å². The third kappa shape index (κ3) is 36.0. The Labute approximate surface area is 432 Å². The third-order valence-electron chi connectivity index (χ3n) is 10.7. The van der Waals surface area contributed by atoms with E-state index in [0.717, 1.165) is 70.6 Å². The Bertz CT molecular complexity index is 1900. The second-order valence-corrected chi connectivity index (χ2v) is 19.8. The van der Waals surface area contributed by atoms with E-state index in [1.165, 1.54) is 0 Å². The topological polar surface area (TPSA) is 296 Å². The van der Waals surface area contributed by atoms with Crippen molar-refractivity contribution >= 4 is 27.6 Å². The molecule has 1 saturated carbocycles. The van der Waals surface area contributed by atoms with Crippen molar-refractivity contribution in [3.05, 3.63) is 122 Å². The van der Waals surface area contributed by atoms with E-state index < -0.39 is 95.7 Å². The maximum atomic E-state index is 13.0. The van der Waals surface area contributed by atoms with Crippen molar-refractivity contribution in [1.82, 2.24) is 0 Å². The van der Waals surface area contributed by atoms with E-state index in [9.17, 15) is 64.0 Å². The zero-order chi connectivity index (χ0) is 54.2. The highest BCUT2D eigenvalue weighted by atomic mass is 31.2. The van der Waals surface area contributed by atoms with Crippen LogP contribution in [0.2, 0.25) is 0 Å². The van der Waals surface area contributed by atoms with Gasteiger partial charge in [-0.25, -0.2) is 9.13 Å².